The lowest BCUT2D eigenvalue weighted by atomic mass is 9.43. The lowest BCUT2D eigenvalue weighted by Crippen LogP contribution is -2.58. The molecule has 4 aliphatic carbocycles. The van der Waals surface area contributed by atoms with Crippen LogP contribution in [0.4, 0.5) is 0 Å². The molecule has 0 radical (unpaired) electrons. The molecule has 0 aliphatic heterocycles. The van der Waals surface area contributed by atoms with E-state index in [1.165, 1.54) is 25.7 Å². The van der Waals surface area contributed by atoms with Gasteiger partial charge in [0, 0.05) is 6.42 Å². The molecule has 0 heterocycles. The molecule has 0 aromatic rings. The van der Waals surface area contributed by atoms with E-state index in [1.54, 1.807) is 0 Å². The number of rotatable bonds is 4. The van der Waals surface area contributed by atoms with Crippen molar-refractivity contribution >= 4 is 6.29 Å². The molecule has 3 heteroatoms. The van der Waals surface area contributed by atoms with Crippen LogP contribution in [0.1, 0.15) is 85.0 Å². The average molecular weight is 377 g/mol. The molecular weight excluding hydrogens is 336 g/mol. The highest BCUT2D eigenvalue weighted by Gasteiger charge is 2.62. The lowest BCUT2D eigenvalue weighted by Gasteiger charge is -2.62. The molecule has 0 spiro atoms. The Morgan fingerprint density at radius 2 is 1.70 bits per heavy atom. The fourth-order valence-corrected chi connectivity index (χ4v) is 8.71. The molecule has 0 aromatic heterocycles. The highest BCUT2D eigenvalue weighted by atomic mass is 16.3. The van der Waals surface area contributed by atoms with Crippen molar-refractivity contribution < 1.29 is 15.0 Å². The SMILES string of the molecule is C[C@H](CCC=O)[C@H]1CC[C@H]2[C@H]3C(CC[C@]12C)[C@@]1(C)CC[C@@H](O)C[C@H]1C[C@@H]3O. The number of hydrogen-bond donors (Lipinski definition) is 2. The Hall–Kier alpha value is -0.410. The van der Waals surface area contributed by atoms with Crippen LogP contribution < -0.4 is 0 Å². The fourth-order valence-electron chi connectivity index (χ4n) is 8.71. The van der Waals surface area contributed by atoms with E-state index in [1.807, 2.05) is 0 Å². The predicted octanol–water partition coefficient (Wildman–Crippen LogP) is 4.59. The molecule has 4 aliphatic rings. The van der Waals surface area contributed by atoms with E-state index in [-0.39, 0.29) is 12.2 Å². The van der Waals surface area contributed by atoms with Gasteiger partial charge in [0.2, 0.25) is 0 Å². The van der Waals surface area contributed by atoms with Crippen LogP contribution in [0, 0.1) is 46.3 Å². The Labute approximate surface area is 165 Å². The summed E-state index contributed by atoms with van der Waals surface area (Å²) in [5.41, 5.74) is 0.646. The number of carbonyl (C=O) groups excluding carboxylic acids is 1. The van der Waals surface area contributed by atoms with Crippen LogP contribution in [0.25, 0.3) is 0 Å². The molecule has 2 N–H and O–H groups in total. The summed E-state index contributed by atoms with van der Waals surface area (Å²) in [4.78, 5) is 10.9. The topological polar surface area (TPSA) is 57.5 Å². The Kier molecular flexibility index (Phi) is 5.25. The smallest absolute Gasteiger partial charge is 0.120 e. The van der Waals surface area contributed by atoms with Gasteiger partial charge in [0.1, 0.15) is 6.29 Å². The zero-order valence-corrected chi connectivity index (χ0v) is 17.6. The molecule has 27 heavy (non-hydrogen) atoms. The maximum atomic E-state index is 11.2. The second-order valence-electron chi connectivity index (χ2n) is 11.2. The summed E-state index contributed by atoms with van der Waals surface area (Å²) < 4.78 is 0. The summed E-state index contributed by atoms with van der Waals surface area (Å²) in [7, 11) is 0. The van der Waals surface area contributed by atoms with Crippen molar-refractivity contribution in [2.24, 2.45) is 46.3 Å². The Balaban J connectivity index is 1.58. The summed E-state index contributed by atoms with van der Waals surface area (Å²) in [6, 6.07) is 0. The van der Waals surface area contributed by atoms with E-state index >= 15 is 0 Å². The maximum Gasteiger partial charge on any atom is 0.120 e. The van der Waals surface area contributed by atoms with Crippen molar-refractivity contribution in [2.45, 2.75) is 97.2 Å². The first-order chi connectivity index (χ1) is 12.8. The number of fused-ring (bicyclic) bond motifs is 5. The first-order valence-corrected chi connectivity index (χ1v) is 11.6. The Bertz CT molecular complexity index is 562. The van der Waals surface area contributed by atoms with E-state index in [0.717, 1.165) is 38.4 Å². The van der Waals surface area contributed by atoms with Crippen LogP contribution in [0.3, 0.4) is 0 Å². The summed E-state index contributed by atoms with van der Waals surface area (Å²) in [5, 5.41) is 21.4. The van der Waals surface area contributed by atoms with Gasteiger partial charge in [0.25, 0.3) is 0 Å². The molecule has 0 amide bonds. The van der Waals surface area contributed by atoms with Crippen molar-refractivity contribution in [3.63, 3.8) is 0 Å². The van der Waals surface area contributed by atoms with Gasteiger partial charge >= 0.3 is 0 Å². The van der Waals surface area contributed by atoms with E-state index in [4.69, 9.17) is 0 Å². The number of aliphatic hydroxyl groups excluding tert-OH is 2. The predicted molar refractivity (Wildman–Crippen MR) is 107 cm³/mol. The van der Waals surface area contributed by atoms with Gasteiger partial charge in [-0.2, -0.15) is 0 Å². The lowest BCUT2D eigenvalue weighted by molar-refractivity contribution is -0.174. The third kappa shape index (κ3) is 3.03. The van der Waals surface area contributed by atoms with Crippen molar-refractivity contribution in [3.8, 4) is 0 Å². The summed E-state index contributed by atoms with van der Waals surface area (Å²) in [6.45, 7) is 7.34. The zero-order valence-electron chi connectivity index (χ0n) is 17.6. The molecule has 0 bridgehead atoms. The summed E-state index contributed by atoms with van der Waals surface area (Å²) in [6.07, 6.45) is 11.4. The zero-order chi connectivity index (χ0) is 19.4. The third-order valence-corrected chi connectivity index (χ3v) is 10.2. The van der Waals surface area contributed by atoms with Crippen molar-refractivity contribution in [1.29, 1.82) is 0 Å². The number of aliphatic hydroxyl groups is 2. The minimum atomic E-state index is -0.188. The minimum absolute atomic E-state index is 0.157. The van der Waals surface area contributed by atoms with Crippen molar-refractivity contribution in [3.05, 3.63) is 0 Å². The van der Waals surface area contributed by atoms with E-state index in [9.17, 15) is 15.0 Å². The molecule has 0 aromatic carbocycles. The summed E-state index contributed by atoms with van der Waals surface area (Å²) in [5.74, 6) is 3.51. The maximum absolute atomic E-state index is 11.2. The van der Waals surface area contributed by atoms with Crippen molar-refractivity contribution in [1.82, 2.24) is 0 Å². The quantitative estimate of drug-likeness (QED) is 0.706. The van der Waals surface area contributed by atoms with Crippen LogP contribution in [0.2, 0.25) is 0 Å². The molecule has 4 fully saturated rings. The Morgan fingerprint density at radius 3 is 2.44 bits per heavy atom. The first-order valence-electron chi connectivity index (χ1n) is 11.6. The van der Waals surface area contributed by atoms with E-state index < -0.39 is 0 Å². The molecule has 0 saturated heterocycles. The molecule has 3 nitrogen and oxygen atoms in total. The fraction of sp³-hybridized carbons (Fsp3) is 0.958. The normalized spacial score (nSPS) is 53.1. The number of carbonyl (C=O) groups is 1. The van der Waals surface area contributed by atoms with Gasteiger partial charge in [-0.15, -0.1) is 0 Å². The van der Waals surface area contributed by atoms with Gasteiger partial charge in [-0.05, 0) is 104 Å². The van der Waals surface area contributed by atoms with Crippen LogP contribution in [-0.4, -0.2) is 28.7 Å². The van der Waals surface area contributed by atoms with Gasteiger partial charge in [-0.25, -0.2) is 0 Å². The van der Waals surface area contributed by atoms with Gasteiger partial charge in [-0.3, -0.25) is 0 Å². The monoisotopic (exact) mass is 376 g/mol. The molecule has 4 rings (SSSR count). The molecule has 154 valence electrons. The molecule has 1 unspecified atom stereocenters. The van der Waals surface area contributed by atoms with Gasteiger partial charge in [-0.1, -0.05) is 20.8 Å². The van der Waals surface area contributed by atoms with Crippen LogP contribution in [0.5, 0.6) is 0 Å². The second kappa shape index (κ2) is 7.13. The third-order valence-electron chi connectivity index (χ3n) is 10.2. The first kappa shape index (κ1) is 19.9. The second-order valence-corrected chi connectivity index (χ2v) is 11.2. The molecular formula is C24H40O3. The van der Waals surface area contributed by atoms with Gasteiger partial charge < -0.3 is 15.0 Å². The Morgan fingerprint density at radius 1 is 1.00 bits per heavy atom. The average Bonchev–Trinajstić information content (AvgIpc) is 2.98. The van der Waals surface area contributed by atoms with Crippen LogP contribution in [0.15, 0.2) is 0 Å². The minimum Gasteiger partial charge on any atom is -0.393 e. The number of aldehydes is 1. The van der Waals surface area contributed by atoms with E-state index in [0.29, 0.717) is 52.8 Å². The standard InChI is InChI=1S/C24H40O3/c1-15(5-4-12-25)18-6-7-19-22-20(9-11-24(18,19)3)23(2)10-8-17(26)13-16(23)14-21(22)27/h12,15-22,26-27H,4-11,13-14H2,1-3H3/t15-,16+,17-,18-,19+,20?,21+,22+,23+,24-/m1/s1. The van der Waals surface area contributed by atoms with Gasteiger partial charge in [0.15, 0.2) is 0 Å². The highest BCUT2D eigenvalue weighted by Crippen LogP contribution is 2.68. The summed E-state index contributed by atoms with van der Waals surface area (Å²) >= 11 is 0. The van der Waals surface area contributed by atoms with Crippen molar-refractivity contribution in [2.75, 3.05) is 0 Å². The van der Waals surface area contributed by atoms with Gasteiger partial charge in [0.05, 0.1) is 12.2 Å². The number of hydrogen-bond acceptors (Lipinski definition) is 3. The highest BCUT2D eigenvalue weighted by molar-refractivity contribution is 5.49. The van der Waals surface area contributed by atoms with Crippen LogP contribution in [-0.2, 0) is 4.79 Å². The molecule has 4 saturated carbocycles. The van der Waals surface area contributed by atoms with Crippen LogP contribution >= 0.6 is 0 Å². The van der Waals surface area contributed by atoms with E-state index in [2.05, 4.69) is 20.8 Å². The largest absolute Gasteiger partial charge is 0.393 e. The molecule has 10 atom stereocenters.